The summed E-state index contributed by atoms with van der Waals surface area (Å²) in [6.07, 6.45) is 4.84. The highest BCUT2D eigenvalue weighted by atomic mass is 35.5. The van der Waals surface area contributed by atoms with Gasteiger partial charge < -0.3 is 15.1 Å². The topological polar surface area (TPSA) is 52.7 Å². The van der Waals surface area contributed by atoms with Crippen molar-refractivity contribution in [2.24, 2.45) is 5.92 Å². The molecular formula is C21H32ClN3O2. The van der Waals surface area contributed by atoms with Crippen LogP contribution in [0.25, 0.3) is 0 Å². The summed E-state index contributed by atoms with van der Waals surface area (Å²) >= 11 is 6.16. The summed E-state index contributed by atoms with van der Waals surface area (Å²) in [6.45, 7) is 8.92. The fraction of sp³-hybridized carbons (Fsp3) is 0.619. The number of rotatable bonds is 8. The molecule has 2 amide bonds. The average molecular weight is 394 g/mol. The molecule has 0 unspecified atom stereocenters. The first-order valence-electron chi connectivity index (χ1n) is 10.1. The van der Waals surface area contributed by atoms with Crippen molar-refractivity contribution in [1.29, 1.82) is 0 Å². The fourth-order valence-electron chi connectivity index (χ4n) is 3.34. The number of nitrogens with zero attached hydrogens (tertiary/aromatic N) is 2. The lowest BCUT2D eigenvalue weighted by Crippen LogP contribution is -2.50. The van der Waals surface area contributed by atoms with E-state index in [2.05, 4.69) is 17.1 Å². The summed E-state index contributed by atoms with van der Waals surface area (Å²) in [5, 5.41) is 3.64. The van der Waals surface area contributed by atoms with E-state index >= 15 is 0 Å². The smallest absolute Gasteiger partial charge is 0.225 e. The van der Waals surface area contributed by atoms with Crippen molar-refractivity contribution in [2.75, 3.05) is 36.4 Å². The zero-order valence-corrected chi connectivity index (χ0v) is 17.5. The molecule has 1 N–H and O–H groups in total. The summed E-state index contributed by atoms with van der Waals surface area (Å²) in [4.78, 5) is 28.6. The second-order valence-corrected chi connectivity index (χ2v) is 7.92. The molecule has 1 aromatic carbocycles. The Morgan fingerprint density at radius 1 is 1.11 bits per heavy atom. The van der Waals surface area contributed by atoms with Crippen molar-refractivity contribution >= 4 is 34.8 Å². The van der Waals surface area contributed by atoms with Gasteiger partial charge in [0.1, 0.15) is 0 Å². The molecule has 0 aliphatic carbocycles. The third-order valence-corrected chi connectivity index (χ3v) is 5.15. The number of unbranched alkanes of at least 4 members (excludes halogenated alkanes) is 3. The van der Waals surface area contributed by atoms with Gasteiger partial charge in [0.05, 0.1) is 11.4 Å². The number of benzene rings is 1. The van der Waals surface area contributed by atoms with E-state index in [9.17, 15) is 9.59 Å². The number of hydrogen-bond acceptors (Lipinski definition) is 3. The van der Waals surface area contributed by atoms with Crippen molar-refractivity contribution < 1.29 is 9.59 Å². The maximum atomic E-state index is 12.3. The third-order valence-electron chi connectivity index (χ3n) is 4.92. The molecule has 0 bridgehead atoms. The molecule has 0 spiro atoms. The fourth-order valence-corrected chi connectivity index (χ4v) is 3.51. The number of anilines is 2. The van der Waals surface area contributed by atoms with Crippen molar-refractivity contribution in [3.63, 3.8) is 0 Å². The number of hydrogen-bond donors (Lipinski definition) is 1. The van der Waals surface area contributed by atoms with E-state index in [4.69, 9.17) is 11.6 Å². The first-order chi connectivity index (χ1) is 12.9. The van der Waals surface area contributed by atoms with Crippen LogP contribution in [0.15, 0.2) is 18.2 Å². The molecule has 1 aromatic rings. The first kappa shape index (κ1) is 21.5. The third kappa shape index (κ3) is 6.42. The van der Waals surface area contributed by atoms with Crippen molar-refractivity contribution in [3.05, 3.63) is 23.2 Å². The van der Waals surface area contributed by atoms with Crippen LogP contribution in [0.3, 0.4) is 0 Å². The van der Waals surface area contributed by atoms with Crippen LogP contribution in [0.4, 0.5) is 11.4 Å². The summed E-state index contributed by atoms with van der Waals surface area (Å²) in [6, 6.07) is 5.61. The monoisotopic (exact) mass is 393 g/mol. The van der Waals surface area contributed by atoms with Crippen LogP contribution in [-0.4, -0.2) is 42.9 Å². The number of halogens is 1. The zero-order valence-electron chi connectivity index (χ0n) is 16.8. The van der Waals surface area contributed by atoms with E-state index in [-0.39, 0.29) is 17.7 Å². The van der Waals surface area contributed by atoms with Gasteiger partial charge in [-0.25, -0.2) is 0 Å². The molecule has 150 valence electrons. The lowest BCUT2D eigenvalue weighted by atomic mass is 10.1. The molecule has 1 aliphatic heterocycles. The summed E-state index contributed by atoms with van der Waals surface area (Å²) in [5.74, 6) is 0.254. The quantitative estimate of drug-likeness (QED) is 0.659. The molecular weight excluding hydrogens is 362 g/mol. The molecule has 0 aromatic heterocycles. The van der Waals surface area contributed by atoms with Gasteiger partial charge in [-0.1, -0.05) is 51.6 Å². The molecule has 6 heteroatoms. The van der Waals surface area contributed by atoms with Gasteiger partial charge in [0, 0.05) is 43.5 Å². The van der Waals surface area contributed by atoms with Gasteiger partial charge in [-0.2, -0.15) is 0 Å². The Kier molecular flexibility index (Phi) is 8.42. The molecule has 0 atom stereocenters. The minimum absolute atomic E-state index is 0.0228. The predicted octanol–water partition coefficient (Wildman–Crippen LogP) is 4.55. The molecule has 2 rings (SSSR count). The molecule has 27 heavy (non-hydrogen) atoms. The Labute approximate surface area is 168 Å². The van der Waals surface area contributed by atoms with Crippen LogP contribution in [-0.2, 0) is 9.59 Å². The van der Waals surface area contributed by atoms with E-state index in [0.29, 0.717) is 24.5 Å². The van der Waals surface area contributed by atoms with Gasteiger partial charge in [0.25, 0.3) is 0 Å². The molecule has 0 radical (unpaired) electrons. The Balaban J connectivity index is 1.99. The SMILES string of the molecule is CCCCCCC(=O)Nc1cc(Cl)ccc1N1CCN(C(=O)C(C)C)CC1. The Morgan fingerprint density at radius 3 is 2.44 bits per heavy atom. The standard InChI is InChI=1S/C21H32ClN3O2/c1-4-5-6-7-8-20(26)23-18-15-17(22)9-10-19(18)24-11-13-25(14-12-24)21(27)16(2)3/h9-10,15-16H,4-8,11-14H2,1-3H3,(H,23,26). The predicted molar refractivity (Wildman–Crippen MR) is 112 cm³/mol. The lowest BCUT2D eigenvalue weighted by molar-refractivity contribution is -0.134. The van der Waals surface area contributed by atoms with Crippen LogP contribution < -0.4 is 10.2 Å². The number of piperazine rings is 1. The number of amides is 2. The van der Waals surface area contributed by atoms with E-state index in [1.807, 2.05) is 36.9 Å². The van der Waals surface area contributed by atoms with Gasteiger partial charge in [0.2, 0.25) is 11.8 Å². The largest absolute Gasteiger partial charge is 0.366 e. The maximum Gasteiger partial charge on any atom is 0.225 e. The van der Waals surface area contributed by atoms with Gasteiger partial charge in [-0.3, -0.25) is 9.59 Å². The summed E-state index contributed by atoms with van der Waals surface area (Å²) in [7, 11) is 0. The lowest BCUT2D eigenvalue weighted by Gasteiger charge is -2.37. The second kappa shape index (κ2) is 10.5. The minimum atomic E-state index is 0.0228. The van der Waals surface area contributed by atoms with Gasteiger partial charge >= 0.3 is 0 Å². The average Bonchev–Trinajstić information content (AvgIpc) is 2.65. The van der Waals surface area contributed by atoms with E-state index in [0.717, 1.165) is 50.1 Å². The van der Waals surface area contributed by atoms with E-state index < -0.39 is 0 Å². The Morgan fingerprint density at radius 2 is 1.81 bits per heavy atom. The van der Waals surface area contributed by atoms with Crippen molar-refractivity contribution in [1.82, 2.24) is 4.90 Å². The van der Waals surface area contributed by atoms with Crippen molar-refractivity contribution in [3.8, 4) is 0 Å². The first-order valence-corrected chi connectivity index (χ1v) is 10.4. The van der Waals surface area contributed by atoms with Crippen LogP contribution in [0.1, 0.15) is 52.9 Å². The molecule has 1 fully saturated rings. The number of carbonyl (C=O) groups excluding carboxylic acids is 2. The molecule has 1 aliphatic rings. The van der Waals surface area contributed by atoms with Crippen LogP contribution in [0, 0.1) is 5.92 Å². The highest BCUT2D eigenvalue weighted by molar-refractivity contribution is 6.31. The second-order valence-electron chi connectivity index (χ2n) is 7.49. The van der Waals surface area contributed by atoms with Crippen LogP contribution in [0.5, 0.6) is 0 Å². The van der Waals surface area contributed by atoms with E-state index in [1.54, 1.807) is 0 Å². The molecule has 0 saturated carbocycles. The molecule has 5 nitrogen and oxygen atoms in total. The Bertz CT molecular complexity index is 640. The van der Waals surface area contributed by atoms with Gasteiger partial charge in [-0.05, 0) is 24.6 Å². The minimum Gasteiger partial charge on any atom is -0.366 e. The normalized spacial score (nSPS) is 14.6. The Hall–Kier alpha value is -1.75. The highest BCUT2D eigenvalue weighted by Gasteiger charge is 2.24. The summed E-state index contributed by atoms with van der Waals surface area (Å²) in [5.41, 5.74) is 1.73. The number of nitrogens with one attached hydrogen (secondary N) is 1. The maximum absolute atomic E-state index is 12.3. The van der Waals surface area contributed by atoms with Gasteiger partial charge in [0.15, 0.2) is 0 Å². The zero-order chi connectivity index (χ0) is 19.8. The molecule has 1 saturated heterocycles. The number of carbonyl (C=O) groups is 2. The van der Waals surface area contributed by atoms with Crippen LogP contribution in [0.2, 0.25) is 5.02 Å². The highest BCUT2D eigenvalue weighted by Crippen LogP contribution is 2.30. The molecule has 1 heterocycles. The van der Waals surface area contributed by atoms with Crippen LogP contribution >= 0.6 is 11.6 Å². The van der Waals surface area contributed by atoms with Crippen molar-refractivity contribution in [2.45, 2.75) is 52.9 Å². The summed E-state index contributed by atoms with van der Waals surface area (Å²) < 4.78 is 0. The van der Waals surface area contributed by atoms with E-state index in [1.165, 1.54) is 0 Å². The van der Waals surface area contributed by atoms with Gasteiger partial charge in [-0.15, -0.1) is 0 Å².